The zero-order valence-electron chi connectivity index (χ0n) is 11.1. The highest BCUT2D eigenvalue weighted by atomic mass is 14.6. The summed E-state index contributed by atoms with van der Waals surface area (Å²) in [5.41, 5.74) is 0.689. The lowest BCUT2D eigenvalue weighted by Crippen LogP contribution is -2.52. The van der Waals surface area contributed by atoms with E-state index in [1.807, 2.05) is 0 Å². The molecule has 3 atom stereocenters. The summed E-state index contributed by atoms with van der Waals surface area (Å²) >= 11 is 0. The molecule has 88 valence electrons. The van der Waals surface area contributed by atoms with Gasteiger partial charge < -0.3 is 0 Å². The lowest BCUT2D eigenvalue weighted by atomic mass is 9.45. The van der Waals surface area contributed by atoms with Crippen LogP contribution < -0.4 is 0 Å². The largest absolute Gasteiger partial charge is 0.0651 e. The average Bonchev–Trinajstić information content (AvgIpc) is 2.25. The Hall–Kier alpha value is 0. The summed E-state index contributed by atoms with van der Waals surface area (Å²) in [5, 5.41) is 0. The first-order valence-electron chi connectivity index (χ1n) is 7.09. The molecule has 0 heteroatoms. The Morgan fingerprint density at radius 1 is 1.13 bits per heavy atom. The predicted octanol–water partition coefficient (Wildman–Crippen LogP) is 4.89. The molecule has 2 bridgehead atoms. The third-order valence-electron chi connectivity index (χ3n) is 5.79. The van der Waals surface area contributed by atoms with Crippen LogP contribution in [-0.2, 0) is 0 Å². The molecule has 0 aromatic heterocycles. The summed E-state index contributed by atoms with van der Waals surface area (Å²) in [6.07, 6.45) is 8.92. The maximum atomic E-state index is 2.52. The topological polar surface area (TPSA) is 0 Å². The molecule has 0 aliphatic heterocycles. The second-order valence-electron chi connectivity index (χ2n) is 6.62. The van der Waals surface area contributed by atoms with Crippen molar-refractivity contribution >= 4 is 0 Å². The fraction of sp³-hybridized carbons (Fsp3) is 1.00. The summed E-state index contributed by atoms with van der Waals surface area (Å²) in [6, 6.07) is 0. The summed E-state index contributed by atoms with van der Waals surface area (Å²) < 4.78 is 0. The molecule has 3 fully saturated rings. The van der Waals surface area contributed by atoms with Gasteiger partial charge in [-0.05, 0) is 54.8 Å². The zero-order chi connectivity index (χ0) is 11.1. The molecule has 3 aliphatic rings. The Kier molecular flexibility index (Phi) is 3.14. The number of fused-ring (bicyclic) bond motifs is 2. The molecule has 0 aromatic carbocycles. The average molecular weight is 208 g/mol. The van der Waals surface area contributed by atoms with E-state index in [4.69, 9.17) is 0 Å². The van der Waals surface area contributed by atoms with Crippen LogP contribution in [0.3, 0.4) is 0 Å². The van der Waals surface area contributed by atoms with E-state index in [1.54, 1.807) is 6.42 Å². The summed E-state index contributed by atoms with van der Waals surface area (Å²) in [7, 11) is 0. The van der Waals surface area contributed by atoms with E-state index in [0.717, 1.165) is 23.7 Å². The van der Waals surface area contributed by atoms with Crippen LogP contribution >= 0.6 is 0 Å². The smallest absolute Gasteiger partial charge is 0.0295 e. The van der Waals surface area contributed by atoms with Gasteiger partial charge in [-0.25, -0.2) is 0 Å². The molecule has 0 saturated heterocycles. The van der Waals surface area contributed by atoms with E-state index in [2.05, 4.69) is 27.7 Å². The molecule has 3 unspecified atom stereocenters. The van der Waals surface area contributed by atoms with Crippen LogP contribution in [0.5, 0.6) is 0 Å². The van der Waals surface area contributed by atoms with Crippen LogP contribution in [0.2, 0.25) is 0 Å². The van der Waals surface area contributed by atoms with Gasteiger partial charge >= 0.3 is 0 Å². The van der Waals surface area contributed by atoms with Crippen molar-refractivity contribution in [3.8, 4) is 0 Å². The minimum Gasteiger partial charge on any atom is -0.0651 e. The Bertz CT molecular complexity index is 210. The second kappa shape index (κ2) is 4.11. The van der Waals surface area contributed by atoms with E-state index < -0.39 is 0 Å². The van der Waals surface area contributed by atoms with E-state index in [9.17, 15) is 0 Å². The highest BCUT2D eigenvalue weighted by Crippen LogP contribution is 2.62. The fourth-order valence-electron chi connectivity index (χ4n) is 4.29. The van der Waals surface area contributed by atoms with Gasteiger partial charge in [0.05, 0.1) is 0 Å². The number of hydrogen-bond donors (Lipinski definition) is 0. The zero-order valence-corrected chi connectivity index (χ0v) is 11.1. The first kappa shape index (κ1) is 11.5. The molecule has 3 aliphatic carbocycles. The van der Waals surface area contributed by atoms with Gasteiger partial charge in [0.15, 0.2) is 0 Å². The molecule has 0 N–H and O–H groups in total. The molecular weight excluding hydrogens is 180 g/mol. The highest BCUT2D eigenvalue weighted by Gasteiger charge is 2.53. The monoisotopic (exact) mass is 208 g/mol. The summed E-state index contributed by atoms with van der Waals surface area (Å²) in [5.74, 6) is 4.20. The van der Waals surface area contributed by atoms with Crippen LogP contribution in [0, 0.1) is 29.1 Å². The minimum absolute atomic E-state index is 0.689. The summed E-state index contributed by atoms with van der Waals surface area (Å²) in [6.45, 7) is 9.77. The van der Waals surface area contributed by atoms with Crippen LogP contribution in [0.15, 0.2) is 0 Å². The molecular formula is C15H28. The van der Waals surface area contributed by atoms with Gasteiger partial charge in [0.2, 0.25) is 0 Å². The fourth-order valence-corrected chi connectivity index (χ4v) is 4.29. The molecule has 3 rings (SSSR count). The lowest BCUT2D eigenvalue weighted by Gasteiger charge is -2.60. The van der Waals surface area contributed by atoms with Gasteiger partial charge in [-0.15, -0.1) is 0 Å². The Morgan fingerprint density at radius 2 is 1.80 bits per heavy atom. The Balaban J connectivity index is 1.93. The molecule has 0 heterocycles. The Morgan fingerprint density at radius 3 is 2.27 bits per heavy atom. The Labute approximate surface area is 95.8 Å². The van der Waals surface area contributed by atoms with Gasteiger partial charge in [0, 0.05) is 0 Å². The van der Waals surface area contributed by atoms with E-state index in [1.165, 1.54) is 32.1 Å². The third-order valence-corrected chi connectivity index (χ3v) is 5.79. The quantitative estimate of drug-likeness (QED) is 0.617. The normalized spacial score (nSPS) is 37.8. The SMILES string of the molecule is CCC(CC)CC1CCC2CC1C2(C)C. The van der Waals surface area contributed by atoms with E-state index in [0.29, 0.717) is 5.41 Å². The molecule has 0 radical (unpaired) electrons. The van der Waals surface area contributed by atoms with E-state index >= 15 is 0 Å². The highest BCUT2D eigenvalue weighted by molar-refractivity contribution is 5.03. The van der Waals surface area contributed by atoms with Gasteiger partial charge in [-0.2, -0.15) is 0 Å². The molecule has 15 heavy (non-hydrogen) atoms. The third kappa shape index (κ3) is 1.85. The number of hydrogen-bond acceptors (Lipinski definition) is 0. The van der Waals surface area contributed by atoms with Crippen molar-refractivity contribution in [2.75, 3.05) is 0 Å². The molecule has 3 saturated carbocycles. The first-order valence-corrected chi connectivity index (χ1v) is 7.09. The summed E-state index contributed by atoms with van der Waals surface area (Å²) in [4.78, 5) is 0. The standard InChI is InChI=1S/C15H28/c1-5-11(6-2)9-12-7-8-13-10-14(12)15(13,3)4/h11-14H,5-10H2,1-4H3. The second-order valence-corrected chi connectivity index (χ2v) is 6.62. The van der Waals surface area contributed by atoms with Crippen molar-refractivity contribution in [1.82, 2.24) is 0 Å². The van der Waals surface area contributed by atoms with Gasteiger partial charge in [-0.1, -0.05) is 40.5 Å². The maximum Gasteiger partial charge on any atom is -0.0295 e. The molecule has 0 spiro atoms. The van der Waals surface area contributed by atoms with Crippen molar-refractivity contribution in [3.63, 3.8) is 0 Å². The van der Waals surface area contributed by atoms with Crippen LogP contribution in [0.25, 0.3) is 0 Å². The molecule has 0 nitrogen and oxygen atoms in total. The minimum atomic E-state index is 0.689. The van der Waals surface area contributed by atoms with Crippen molar-refractivity contribution < 1.29 is 0 Å². The van der Waals surface area contributed by atoms with Crippen molar-refractivity contribution in [2.24, 2.45) is 29.1 Å². The van der Waals surface area contributed by atoms with Gasteiger partial charge in [0.25, 0.3) is 0 Å². The molecule has 0 amide bonds. The number of rotatable bonds is 4. The van der Waals surface area contributed by atoms with Gasteiger partial charge in [-0.3, -0.25) is 0 Å². The maximum absolute atomic E-state index is 2.52. The first-order chi connectivity index (χ1) is 7.09. The molecule has 0 aromatic rings. The van der Waals surface area contributed by atoms with Crippen molar-refractivity contribution in [2.45, 2.75) is 66.2 Å². The van der Waals surface area contributed by atoms with Crippen LogP contribution in [-0.4, -0.2) is 0 Å². The van der Waals surface area contributed by atoms with Crippen molar-refractivity contribution in [3.05, 3.63) is 0 Å². The van der Waals surface area contributed by atoms with Crippen molar-refractivity contribution in [1.29, 1.82) is 0 Å². The van der Waals surface area contributed by atoms with Gasteiger partial charge in [0.1, 0.15) is 0 Å². The lowest BCUT2D eigenvalue weighted by molar-refractivity contribution is -0.110. The predicted molar refractivity (Wildman–Crippen MR) is 66.8 cm³/mol. The van der Waals surface area contributed by atoms with E-state index in [-0.39, 0.29) is 0 Å². The van der Waals surface area contributed by atoms with Crippen LogP contribution in [0.4, 0.5) is 0 Å². The van der Waals surface area contributed by atoms with Crippen LogP contribution in [0.1, 0.15) is 66.2 Å².